The molecule has 0 aromatic carbocycles. The zero-order valence-corrected chi connectivity index (χ0v) is 6.64. The Labute approximate surface area is 62.4 Å². The first-order valence-corrected chi connectivity index (χ1v) is 4.15. The largest absolute Gasteiger partial charge is 0.325 e. The van der Waals surface area contributed by atoms with Crippen molar-refractivity contribution in [3.8, 4) is 0 Å². The third kappa shape index (κ3) is 1.18. The van der Waals surface area contributed by atoms with Crippen molar-refractivity contribution in [2.45, 2.75) is 24.8 Å². The maximum atomic E-state index is 5.98. The first kappa shape index (κ1) is 6.62. The van der Waals surface area contributed by atoms with Crippen molar-refractivity contribution >= 4 is 0 Å². The normalized spacial score (nSPS) is 31.8. The number of likely N-dealkylation sites (tertiary alicyclic amines) is 1. The molecule has 0 unspecified atom stereocenters. The summed E-state index contributed by atoms with van der Waals surface area (Å²) < 4.78 is 0. The Morgan fingerprint density at radius 2 is 2.10 bits per heavy atom. The molecule has 0 spiro atoms. The predicted octanol–water partition coefficient (Wildman–Crippen LogP) is 0.429. The Kier molecular flexibility index (Phi) is 1.29. The summed E-state index contributed by atoms with van der Waals surface area (Å²) in [5.41, 5.74) is 6.27. The molecule has 2 nitrogen and oxygen atoms in total. The van der Waals surface area contributed by atoms with Crippen LogP contribution in [0.1, 0.15) is 19.3 Å². The average Bonchev–Trinajstić information content (AvgIpc) is 2.45. The van der Waals surface area contributed by atoms with Crippen molar-refractivity contribution in [1.29, 1.82) is 0 Å². The molecule has 1 saturated carbocycles. The minimum absolute atomic E-state index is 0.284. The van der Waals surface area contributed by atoms with Gasteiger partial charge in [-0.05, 0) is 32.2 Å². The molecule has 1 heterocycles. The fraction of sp³-hybridized carbons (Fsp3) is 1.00. The van der Waals surface area contributed by atoms with Gasteiger partial charge < -0.3 is 10.6 Å². The van der Waals surface area contributed by atoms with E-state index >= 15 is 0 Å². The van der Waals surface area contributed by atoms with Gasteiger partial charge in [0.2, 0.25) is 0 Å². The smallest absolute Gasteiger partial charge is 0.0159 e. The van der Waals surface area contributed by atoms with Crippen LogP contribution in [0.5, 0.6) is 0 Å². The quantitative estimate of drug-likeness (QED) is 0.602. The van der Waals surface area contributed by atoms with Gasteiger partial charge in [0.25, 0.3) is 0 Å². The molecule has 2 N–H and O–H groups in total. The second-order valence-electron chi connectivity index (χ2n) is 4.15. The van der Waals surface area contributed by atoms with E-state index in [9.17, 15) is 0 Å². The van der Waals surface area contributed by atoms with E-state index in [4.69, 9.17) is 5.73 Å². The first-order chi connectivity index (χ1) is 4.68. The van der Waals surface area contributed by atoms with Crippen LogP contribution < -0.4 is 5.73 Å². The molecular formula is C8H16N2. The predicted molar refractivity (Wildman–Crippen MR) is 41.8 cm³/mol. The molecular weight excluding hydrogens is 124 g/mol. The summed E-state index contributed by atoms with van der Waals surface area (Å²) in [6.07, 6.45) is 3.82. The van der Waals surface area contributed by atoms with E-state index in [0.29, 0.717) is 0 Å². The highest BCUT2D eigenvalue weighted by Crippen LogP contribution is 2.39. The van der Waals surface area contributed by atoms with Crippen LogP contribution in [0, 0.1) is 5.92 Å². The summed E-state index contributed by atoms with van der Waals surface area (Å²) in [5.74, 6) is 0.914. The lowest BCUT2D eigenvalue weighted by molar-refractivity contribution is 0.118. The van der Waals surface area contributed by atoms with Crippen LogP contribution in [0.4, 0.5) is 0 Å². The standard InChI is InChI=1S/C8H16N2/c1-10-5-7(6-10)4-8(9)2-3-8/h7H,2-6,9H2,1H3. The Morgan fingerprint density at radius 3 is 2.50 bits per heavy atom. The Balaban J connectivity index is 1.72. The molecule has 10 heavy (non-hydrogen) atoms. The van der Waals surface area contributed by atoms with Crippen molar-refractivity contribution in [2.75, 3.05) is 20.1 Å². The van der Waals surface area contributed by atoms with Gasteiger partial charge in [0.1, 0.15) is 0 Å². The lowest BCUT2D eigenvalue weighted by Gasteiger charge is -2.37. The number of nitrogens with zero attached hydrogens (tertiary/aromatic N) is 1. The van der Waals surface area contributed by atoms with E-state index in [0.717, 1.165) is 5.92 Å². The second kappa shape index (κ2) is 1.95. The highest BCUT2D eigenvalue weighted by Gasteiger charge is 2.42. The van der Waals surface area contributed by atoms with Gasteiger partial charge in [-0.3, -0.25) is 0 Å². The Morgan fingerprint density at radius 1 is 1.50 bits per heavy atom. The van der Waals surface area contributed by atoms with Crippen molar-refractivity contribution < 1.29 is 0 Å². The molecule has 0 amide bonds. The van der Waals surface area contributed by atoms with E-state index in [-0.39, 0.29) is 5.54 Å². The molecule has 1 aliphatic carbocycles. The van der Waals surface area contributed by atoms with Gasteiger partial charge in [-0.1, -0.05) is 0 Å². The molecule has 1 saturated heterocycles. The van der Waals surface area contributed by atoms with E-state index in [2.05, 4.69) is 11.9 Å². The molecule has 0 atom stereocenters. The van der Waals surface area contributed by atoms with Crippen LogP contribution in [-0.2, 0) is 0 Å². The van der Waals surface area contributed by atoms with Crippen LogP contribution in [0.15, 0.2) is 0 Å². The van der Waals surface area contributed by atoms with Gasteiger partial charge in [0.15, 0.2) is 0 Å². The Bertz CT molecular complexity index is 134. The SMILES string of the molecule is CN1CC(CC2(N)CC2)C1. The van der Waals surface area contributed by atoms with Gasteiger partial charge >= 0.3 is 0 Å². The van der Waals surface area contributed by atoms with Crippen LogP contribution in [0.3, 0.4) is 0 Å². The third-order valence-electron chi connectivity index (χ3n) is 2.73. The van der Waals surface area contributed by atoms with Crippen molar-refractivity contribution in [3.63, 3.8) is 0 Å². The maximum absolute atomic E-state index is 5.98. The first-order valence-electron chi connectivity index (χ1n) is 4.15. The van der Waals surface area contributed by atoms with Gasteiger partial charge in [-0.2, -0.15) is 0 Å². The van der Waals surface area contributed by atoms with E-state index in [1.807, 2.05) is 0 Å². The van der Waals surface area contributed by atoms with Crippen LogP contribution >= 0.6 is 0 Å². The van der Waals surface area contributed by atoms with Gasteiger partial charge in [-0.25, -0.2) is 0 Å². The van der Waals surface area contributed by atoms with E-state index in [1.54, 1.807) is 0 Å². The summed E-state index contributed by atoms with van der Waals surface area (Å²) in [6.45, 7) is 2.55. The molecule has 0 aromatic rings. The zero-order chi connectivity index (χ0) is 7.19. The minimum atomic E-state index is 0.284. The van der Waals surface area contributed by atoms with Gasteiger partial charge in [0.05, 0.1) is 0 Å². The van der Waals surface area contributed by atoms with Crippen molar-refractivity contribution in [2.24, 2.45) is 11.7 Å². The lowest BCUT2D eigenvalue weighted by Crippen LogP contribution is -2.46. The number of hydrogen-bond acceptors (Lipinski definition) is 2. The van der Waals surface area contributed by atoms with Crippen molar-refractivity contribution in [3.05, 3.63) is 0 Å². The van der Waals surface area contributed by atoms with Crippen LogP contribution in [-0.4, -0.2) is 30.6 Å². The Hall–Kier alpha value is -0.0800. The summed E-state index contributed by atoms with van der Waals surface area (Å²) in [5, 5.41) is 0. The molecule has 0 radical (unpaired) electrons. The van der Waals surface area contributed by atoms with E-state index in [1.165, 1.54) is 32.4 Å². The monoisotopic (exact) mass is 140 g/mol. The molecule has 2 rings (SSSR count). The molecule has 1 aliphatic heterocycles. The molecule has 2 aliphatic rings. The second-order valence-corrected chi connectivity index (χ2v) is 4.15. The lowest BCUT2D eigenvalue weighted by atomic mass is 9.92. The molecule has 0 bridgehead atoms. The topological polar surface area (TPSA) is 29.3 Å². The summed E-state index contributed by atoms with van der Waals surface area (Å²) in [4.78, 5) is 2.36. The number of nitrogens with two attached hydrogens (primary N) is 1. The highest BCUT2D eigenvalue weighted by molar-refractivity contribution is 5.01. The number of rotatable bonds is 2. The van der Waals surface area contributed by atoms with E-state index < -0.39 is 0 Å². The summed E-state index contributed by atoms with van der Waals surface area (Å²) in [7, 11) is 2.17. The fourth-order valence-electron chi connectivity index (χ4n) is 1.90. The van der Waals surface area contributed by atoms with Gasteiger partial charge in [-0.15, -0.1) is 0 Å². The van der Waals surface area contributed by atoms with Gasteiger partial charge in [0, 0.05) is 18.6 Å². The number of hydrogen-bond donors (Lipinski definition) is 1. The molecule has 2 fully saturated rings. The molecule has 0 aromatic heterocycles. The fourth-order valence-corrected chi connectivity index (χ4v) is 1.90. The third-order valence-corrected chi connectivity index (χ3v) is 2.73. The van der Waals surface area contributed by atoms with Crippen LogP contribution in [0.2, 0.25) is 0 Å². The molecule has 2 heteroatoms. The molecule has 58 valence electrons. The van der Waals surface area contributed by atoms with Crippen molar-refractivity contribution in [1.82, 2.24) is 4.90 Å². The summed E-state index contributed by atoms with van der Waals surface area (Å²) in [6, 6.07) is 0. The minimum Gasteiger partial charge on any atom is -0.325 e. The maximum Gasteiger partial charge on any atom is 0.0159 e. The highest BCUT2D eigenvalue weighted by atomic mass is 15.2. The summed E-state index contributed by atoms with van der Waals surface area (Å²) >= 11 is 0. The average molecular weight is 140 g/mol. The van der Waals surface area contributed by atoms with Crippen LogP contribution in [0.25, 0.3) is 0 Å². The zero-order valence-electron chi connectivity index (χ0n) is 6.64.